The molecule has 0 radical (unpaired) electrons. The van der Waals surface area contributed by atoms with Gasteiger partial charge in [-0.05, 0) is 59.8 Å². The van der Waals surface area contributed by atoms with E-state index in [0.717, 1.165) is 17.3 Å². The van der Waals surface area contributed by atoms with Gasteiger partial charge in [-0.3, -0.25) is 4.79 Å². The number of nitrogens with two attached hydrogens (primary N) is 1. The van der Waals surface area contributed by atoms with Crippen LogP contribution in [-0.2, 0) is 0 Å². The number of hydrogen-bond donors (Lipinski definition) is 2. The molecule has 1 unspecified atom stereocenters. The molecule has 3 nitrogen and oxygen atoms in total. The number of nitrogen functional groups attached to an aromatic ring is 1. The van der Waals surface area contributed by atoms with Gasteiger partial charge in [0.2, 0.25) is 0 Å². The van der Waals surface area contributed by atoms with E-state index in [0.29, 0.717) is 17.2 Å². The highest BCUT2D eigenvalue weighted by atomic mass is 79.9. The van der Waals surface area contributed by atoms with Crippen LogP contribution in [0.5, 0.6) is 0 Å². The van der Waals surface area contributed by atoms with Crippen molar-refractivity contribution in [3.8, 4) is 0 Å². The molecule has 0 aliphatic heterocycles. The third-order valence-corrected chi connectivity index (χ3v) is 3.53. The molecule has 0 bridgehead atoms. The van der Waals surface area contributed by atoms with E-state index in [-0.39, 0.29) is 11.9 Å². The van der Waals surface area contributed by atoms with Gasteiger partial charge in [-0.15, -0.1) is 0 Å². The van der Waals surface area contributed by atoms with Crippen LogP contribution in [0.2, 0.25) is 0 Å². The van der Waals surface area contributed by atoms with Crippen molar-refractivity contribution in [2.75, 3.05) is 5.73 Å². The lowest BCUT2D eigenvalue weighted by Gasteiger charge is -2.15. The van der Waals surface area contributed by atoms with E-state index >= 15 is 0 Å². The van der Waals surface area contributed by atoms with E-state index in [1.807, 2.05) is 6.92 Å². The van der Waals surface area contributed by atoms with Gasteiger partial charge in [0.25, 0.3) is 5.91 Å². The van der Waals surface area contributed by atoms with E-state index in [2.05, 4.69) is 35.1 Å². The minimum atomic E-state index is -0.0644. The number of benzene rings is 1. The summed E-state index contributed by atoms with van der Waals surface area (Å²) in [5, 5.41) is 2.99. The molecular formula is C14H21BrN2O. The Labute approximate surface area is 117 Å². The van der Waals surface area contributed by atoms with Crippen LogP contribution in [0, 0.1) is 5.92 Å². The van der Waals surface area contributed by atoms with Gasteiger partial charge in [-0.1, -0.05) is 13.8 Å². The molecule has 1 rings (SSSR count). The first-order valence-electron chi connectivity index (χ1n) is 6.26. The van der Waals surface area contributed by atoms with Gasteiger partial charge < -0.3 is 11.1 Å². The van der Waals surface area contributed by atoms with Crippen LogP contribution >= 0.6 is 15.9 Å². The highest BCUT2D eigenvalue weighted by molar-refractivity contribution is 9.10. The summed E-state index contributed by atoms with van der Waals surface area (Å²) in [4.78, 5) is 12.0. The molecule has 1 amide bonds. The molecule has 0 saturated carbocycles. The number of rotatable bonds is 5. The molecule has 1 aromatic rings. The van der Waals surface area contributed by atoms with E-state index < -0.39 is 0 Å². The predicted molar refractivity (Wildman–Crippen MR) is 79.6 cm³/mol. The highest BCUT2D eigenvalue weighted by Gasteiger charge is 2.11. The molecule has 18 heavy (non-hydrogen) atoms. The van der Waals surface area contributed by atoms with E-state index in [4.69, 9.17) is 5.73 Å². The lowest BCUT2D eigenvalue weighted by atomic mass is 10.0. The lowest BCUT2D eigenvalue weighted by molar-refractivity contribution is 0.0937. The van der Waals surface area contributed by atoms with Crippen molar-refractivity contribution in [3.05, 3.63) is 28.2 Å². The first kappa shape index (κ1) is 15.0. The van der Waals surface area contributed by atoms with Crippen molar-refractivity contribution in [3.63, 3.8) is 0 Å². The molecule has 0 aliphatic rings. The summed E-state index contributed by atoms with van der Waals surface area (Å²) in [6, 6.07) is 5.44. The Morgan fingerprint density at radius 1 is 1.33 bits per heavy atom. The molecule has 0 saturated heterocycles. The summed E-state index contributed by atoms with van der Waals surface area (Å²) < 4.78 is 0.812. The van der Waals surface area contributed by atoms with Gasteiger partial charge in [-0.2, -0.15) is 0 Å². The highest BCUT2D eigenvalue weighted by Crippen LogP contribution is 2.20. The number of anilines is 1. The largest absolute Gasteiger partial charge is 0.398 e. The summed E-state index contributed by atoms with van der Waals surface area (Å²) in [6.45, 7) is 6.40. The Morgan fingerprint density at radius 2 is 2.00 bits per heavy atom. The fourth-order valence-corrected chi connectivity index (χ4v) is 1.89. The van der Waals surface area contributed by atoms with E-state index in [1.165, 1.54) is 0 Å². The zero-order valence-corrected chi connectivity index (χ0v) is 12.8. The standard InChI is InChI=1S/C14H21BrN2O/c1-9(2)4-5-10(3)17-14(18)11-6-7-12(15)13(16)8-11/h6-10H,4-5,16H2,1-3H3,(H,17,18). The molecular weight excluding hydrogens is 292 g/mol. The maximum Gasteiger partial charge on any atom is 0.251 e. The molecule has 0 fully saturated rings. The maximum atomic E-state index is 12.0. The van der Waals surface area contributed by atoms with Crippen LogP contribution in [0.4, 0.5) is 5.69 Å². The van der Waals surface area contributed by atoms with Crippen LogP contribution in [0.1, 0.15) is 44.0 Å². The minimum absolute atomic E-state index is 0.0644. The van der Waals surface area contributed by atoms with Gasteiger partial charge >= 0.3 is 0 Å². The molecule has 100 valence electrons. The first-order valence-corrected chi connectivity index (χ1v) is 7.05. The predicted octanol–water partition coefficient (Wildman–Crippen LogP) is 3.59. The molecule has 1 atom stereocenters. The third-order valence-electron chi connectivity index (χ3n) is 2.81. The topological polar surface area (TPSA) is 55.1 Å². The molecule has 3 N–H and O–H groups in total. The van der Waals surface area contributed by atoms with Crippen molar-refractivity contribution < 1.29 is 4.79 Å². The van der Waals surface area contributed by atoms with Crippen LogP contribution < -0.4 is 11.1 Å². The average Bonchev–Trinajstić information content (AvgIpc) is 2.30. The summed E-state index contributed by atoms with van der Waals surface area (Å²) >= 11 is 3.31. The second-order valence-electron chi connectivity index (χ2n) is 5.08. The van der Waals surface area contributed by atoms with Crippen LogP contribution in [0.15, 0.2) is 22.7 Å². The lowest BCUT2D eigenvalue weighted by Crippen LogP contribution is -2.32. The van der Waals surface area contributed by atoms with Crippen molar-refractivity contribution in [1.82, 2.24) is 5.32 Å². The second-order valence-corrected chi connectivity index (χ2v) is 5.94. The van der Waals surface area contributed by atoms with Crippen LogP contribution in [0.25, 0.3) is 0 Å². The molecule has 0 aromatic heterocycles. The number of nitrogens with one attached hydrogen (secondary N) is 1. The number of carbonyl (C=O) groups excluding carboxylic acids is 1. The quantitative estimate of drug-likeness (QED) is 0.816. The SMILES string of the molecule is CC(C)CCC(C)NC(=O)c1ccc(Br)c(N)c1. The van der Waals surface area contributed by atoms with Gasteiger partial charge in [-0.25, -0.2) is 0 Å². The number of amides is 1. The Bertz CT molecular complexity index is 418. The average molecular weight is 313 g/mol. The normalized spacial score (nSPS) is 12.5. The van der Waals surface area contributed by atoms with Crippen molar-refractivity contribution >= 4 is 27.5 Å². The Morgan fingerprint density at radius 3 is 2.56 bits per heavy atom. The summed E-state index contributed by atoms with van der Waals surface area (Å²) in [5.41, 5.74) is 6.95. The number of carbonyl (C=O) groups is 1. The number of halogens is 1. The molecule has 0 spiro atoms. The van der Waals surface area contributed by atoms with E-state index in [9.17, 15) is 4.79 Å². The van der Waals surface area contributed by atoms with Crippen molar-refractivity contribution in [2.24, 2.45) is 5.92 Å². The smallest absolute Gasteiger partial charge is 0.251 e. The van der Waals surface area contributed by atoms with Crippen molar-refractivity contribution in [1.29, 1.82) is 0 Å². The maximum absolute atomic E-state index is 12.0. The Balaban J connectivity index is 2.56. The summed E-state index contributed by atoms with van der Waals surface area (Å²) in [6.07, 6.45) is 2.11. The second kappa shape index (κ2) is 6.78. The van der Waals surface area contributed by atoms with E-state index in [1.54, 1.807) is 18.2 Å². The fourth-order valence-electron chi connectivity index (χ4n) is 1.65. The molecule has 4 heteroatoms. The third kappa shape index (κ3) is 4.69. The van der Waals surface area contributed by atoms with Crippen LogP contribution in [-0.4, -0.2) is 11.9 Å². The summed E-state index contributed by atoms with van der Waals surface area (Å²) in [7, 11) is 0. The zero-order valence-electron chi connectivity index (χ0n) is 11.2. The van der Waals surface area contributed by atoms with Gasteiger partial charge in [0, 0.05) is 21.8 Å². The number of hydrogen-bond acceptors (Lipinski definition) is 2. The minimum Gasteiger partial charge on any atom is -0.398 e. The molecule has 1 aromatic carbocycles. The summed E-state index contributed by atoms with van der Waals surface area (Å²) in [5.74, 6) is 0.595. The Hall–Kier alpha value is -1.03. The van der Waals surface area contributed by atoms with Gasteiger partial charge in [0.1, 0.15) is 0 Å². The molecule has 0 aliphatic carbocycles. The fraction of sp³-hybridized carbons (Fsp3) is 0.500. The van der Waals surface area contributed by atoms with Gasteiger partial charge in [0.15, 0.2) is 0 Å². The zero-order chi connectivity index (χ0) is 13.7. The Kier molecular flexibility index (Phi) is 5.66. The van der Waals surface area contributed by atoms with Crippen LogP contribution in [0.3, 0.4) is 0 Å². The van der Waals surface area contributed by atoms with Gasteiger partial charge in [0.05, 0.1) is 0 Å². The van der Waals surface area contributed by atoms with Crippen molar-refractivity contribution in [2.45, 2.75) is 39.7 Å². The monoisotopic (exact) mass is 312 g/mol. The molecule has 0 heterocycles. The first-order chi connectivity index (χ1) is 8.40.